The molecule has 1 aromatic heterocycles. The normalized spacial score (nSPS) is 10.3. The van der Waals surface area contributed by atoms with Crippen molar-refractivity contribution < 1.29 is 28.8 Å². The van der Waals surface area contributed by atoms with Gasteiger partial charge in [0.25, 0.3) is 0 Å². The van der Waals surface area contributed by atoms with E-state index in [1.807, 2.05) is 0 Å². The largest absolute Gasteiger partial charge is 0.478 e. The standard InChI is InChI=1S/C12H7NO8/c1-20-12(17)7-4-9(14)21-10-6(7)2-5(11(15)16)3-8(10)13(18)19/h2-4H,1H3,(H,15,16). The van der Waals surface area contributed by atoms with E-state index in [0.29, 0.717) is 0 Å². The lowest BCUT2D eigenvalue weighted by atomic mass is 10.1. The Labute approximate surface area is 115 Å². The van der Waals surface area contributed by atoms with E-state index in [9.17, 15) is 24.5 Å². The van der Waals surface area contributed by atoms with Crippen LogP contribution in [0.3, 0.4) is 0 Å². The molecule has 0 unspecified atom stereocenters. The molecule has 9 heteroatoms. The summed E-state index contributed by atoms with van der Waals surface area (Å²) in [6, 6.07) is 2.53. The molecule has 0 aliphatic heterocycles. The summed E-state index contributed by atoms with van der Waals surface area (Å²) in [5.41, 5.74) is -2.94. The van der Waals surface area contributed by atoms with Gasteiger partial charge in [-0.15, -0.1) is 0 Å². The smallest absolute Gasteiger partial charge is 0.338 e. The van der Waals surface area contributed by atoms with Gasteiger partial charge in [0.15, 0.2) is 0 Å². The number of rotatable bonds is 3. The molecule has 1 N–H and O–H groups in total. The zero-order valence-corrected chi connectivity index (χ0v) is 10.5. The first-order chi connectivity index (χ1) is 9.85. The molecule has 0 spiro atoms. The second kappa shape index (κ2) is 5.04. The highest BCUT2D eigenvalue weighted by atomic mass is 16.6. The van der Waals surface area contributed by atoms with Crippen molar-refractivity contribution in [3.05, 3.63) is 49.9 Å². The average Bonchev–Trinajstić information content (AvgIpc) is 2.44. The number of hydrogen-bond acceptors (Lipinski definition) is 7. The lowest BCUT2D eigenvalue weighted by Gasteiger charge is -2.05. The first-order valence-corrected chi connectivity index (χ1v) is 5.43. The first kappa shape index (κ1) is 14.2. The van der Waals surface area contributed by atoms with Crippen LogP contribution >= 0.6 is 0 Å². The minimum absolute atomic E-state index is 0.187. The fourth-order valence-electron chi connectivity index (χ4n) is 1.78. The van der Waals surface area contributed by atoms with E-state index in [4.69, 9.17) is 9.52 Å². The Morgan fingerprint density at radius 1 is 1.33 bits per heavy atom. The monoisotopic (exact) mass is 293 g/mol. The summed E-state index contributed by atoms with van der Waals surface area (Å²) in [4.78, 5) is 44.1. The van der Waals surface area contributed by atoms with Crippen molar-refractivity contribution in [1.29, 1.82) is 0 Å². The van der Waals surface area contributed by atoms with Gasteiger partial charge >= 0.3 is 23.3 Å². The Bertz CT molecular complexity index is 835. The van der Waals surface area contributed by atoms with Crippen LogP contribution in [0.15, 0.2) is 27.4 Å². The van der Waals surface area contributed by atoms with Crippen molar-refractivity contribution >= 4 is 28.6 Å². The third kappa shape index (κ3) is 2.43. The number of esters is 1. The van der Waals surface area contributed by atoms with Crippen molar-refractivity contribution in [2.75, 3.05) is 7.11 Å². The molecule has 0 saturated heterocycles. The maximum atomic E-state index is 11.6. The van der Waals surface area contributed by atoms with Gasteiger partial charge in [-0.2, -0.15) is 0 Å². The molecule has 0 aliphatic rings. The van der Waals surface area contributed by atoms with E-state index in [1.165, 1.54) is 0 Å². The molecule has 108 valence electrons. The predicted molar refractivity (Wildman–Crippen MR) is 67.4 cm³/mol. The minimum atomic E-state index is -1.43. The Balaban J connectivity index is 3.00. The molecule has 1 heterocycles. The number of hydrogen-bond donors (Lipinski definition) is 1. The Morgan fingerprint density at radius 2 is 2.00 bits per heavy atom. The number of ether oxygens (including phenoxy) is 1. The van der Waals surface area contributed by atoms with E-state index >= 15 is 0 Å². The molecule has 0 saturated carbocycles. The maximum Gasteiger partial charge on any atom is 0.338 e. The van der Waals surface area contributed by atoms with Crippen LogP contribution < -0.4 is 5.63 Å². The summed E-state index contributed by atoms with van der Waals surface area (Å²) in [5.74, 6) is -2.37. The number of nitro benzene ring substituents is 1. The number of non-ortho nitro benzene ring substituents is 1. The Hall–Kier alpha value is -3.23. The second-order valence-corrected chi connectivity index (χ2v) is 3.91. The van der Waals surface area contributed by atoms with Crippen LogP contribution in [0.5, 0.6) is 0 Å². The number of carboxylic acids is 1. The van der Waals surface area contributed by atoms with Gasteiger partial charge in [0.2, 0.25) is 5.58 Å². The molecule has 0 fully saturated rings. The second-order valence-electron chi connectivity index (χ2n) is 3.91. The third-order valence-electron chi connectivity index (χ3n) is 2.67. The fourth-order valence-corrected chi connectivity index (χ4v) is 1.78. The van der Waals surface area contributed by atoms with Crippen LogP contribution in [0.1, 0.15) is 20.7 Å². The molecule has 0 atom stereocenters. The number of nitrogens with zero attached hydrogens (tertiary/aromatic N) is 1. The number of benzene rings is 1. The summed E-state index contributed by atoms with van der Waals surface area (Å²) >= 11 is 0. The van der Waals surface area contributed by atoms with Crippen LogP contribution in [-0.2, 0) is 4.74 Å². The Morgan fingerprint density at radius 3 is 2.52 bits per heavy atom. The fraction of sp³-hybridized carbons (Fsp3) is 0.0833. The van der Waals surface area contributed by atoms with Crippen molar-refractivity contribution in [3.8, 4) is 0 Å². The topological polar surface area (TPSA) is 137 Å². The number of nitro groups is 1. The molecule has 0 aliphatic carbocycles. The van der Waals surface area contributed by atoms with Crippen molar-refractivity contribution in [2.24, 2.45) is 0 Å². The van der Waals surface area contributed by atoms with Gasteiger partial charge < -0.3 is 14.3 Å². The summed E-state index contributed by atoms with van der Waals surface area (Å²) in [6.07, 6.45) is 0. The van der Waals surface area contributed by atoms with E-state index in [2.05, 4.69) is 4.74 Å². The SMILES string of the molecule is COC(=O)c1cc(=O)oc2c([N+](=O)[O-])cc(C(=O)O)cc12. The highest BCUT2D eigenvalue weighted by Gasteiger charge is 2.24. The van der Waals surface area contributed by atoms with Gasteiger partial charge in [-0.1, -0.05) is 0 Å². The quantitative estimate of drug-likeness (QED) is 0.385. The summed E-state index contributed by atoms with van der Waals surface area (Å²) in [5, 5.41) is 19.8. The molecule has 0 amide bonds. The van der Waals surface area contributed by atoms with Gasteiger partial charge in [-0.05, 0) is 6.07 Å². The minimum Gasteiger partial charge on any atom is -0.478 e. The van der Waals surface area contributed by atoms with Gasteiger partial charge in [0, 0.05) is 17.5 Å². The molecule has 2 aromatic rings. The molecule has 0 radical (unpaired) electrons. The zero-order chi connectivity index (χ0) is 15.7. The van der Waals surface area contributed by atoms with Crippen LogP contribution in [-0.4, -0.2) is 29.1 Å². The molecule has 2 rings (SSSR count). The van der Waals surface area contributed by atoms with Crippen molar-refractivity contribution in [2.45, 2.75) is 0 Å². The number of carbonyl (C=O) groups excluding carboxylic acids is 1. The number of aromatic carboxylic acids is 1. The van der Waals surface area contributed by atoms with E-state index in [0.717, 1.165) is 25.3 Å². The first-order valence-electron chi connectivity index (χ1n) is 5.43. The lowest BCUT2D eigenvalue weighted by Crippen LogP contribution is -2.10. The third-order valence-corrected chi connectivity index (χ3v) is 2.67. The van der Waals surface area contributed by atoms with Gasteiger partial charge in [0.05, 0.1) is 23.2 Å². The van der Waals surface area contributed by atoms with E-state index in [-0.39, 0.29) is 10.9 Å². The molecule has 21 heavy (non-hydrogen) atoms. The molecule has 0 bridgehead atoms. The molecular formula is C12H7NO8. The van der Waals surface area contributed by atoms with Gasteiger partial charge in [0.1, 0.15) is 0 Å². The van der Waals surface area contributed by atoms with Crippen molar-refractivity contribution in [3.63, 3.8) is 0 Å². The van der Waals surface area contributed by atoms with Crippen LogP contribution in [0.4, 0.5) is 5.69 Å². The molecular weight excluding hydrogens is 286 g/mol. The van der Waals surface area contributed by atoms with Crippen LogP contribution in [0, 0.1) is 10.1 Å². The van der Waals surface area contributed by atoms with Gasteiger partial charge in [-0.25, -0.2) is 14.4 Å². The summed E-state index contributed by atoms with van der Waals surface area (Å²) in [7, 11) is 1.05. The predicted octanol–water partition coefficient (Wildman–Crippen LogP) is 1.19. The summed E-state index contributed by atoms with van der Waals surface area (Å²) < 4.78 is 9.19. The van der Waals surface area contributed by atoms with Crippen molar-refractivity contribution in [1.82, 2.24) is 0 Å². The van der Waals surface area contributed by atoms with Crippen LogP contribution in [0.2, 0.25) is 0 Å². The molecule has 9 nitrogen and oxygen atoms in total. The highest BCUT2D eigenvalue weighted by molar-refractivity contribution is 6.07. The number of carboxylic acid groups (broad SMARTS) is 1. The van der Waals surface area contributed by atoms with Gasteiger partial charge in [-0.3, -0.25) is 10.1 Å². The molecule has 1 aromatic carbocycles. The lowest BCUT2D eigenvalue weighted by molar-refractivity contribution is -0.383. The number of methoxy groups -OCH3 is 1. The highest BCUT2D eigenvalue weighted by Crippen LogP contribution is 2.29. The van der Waals surface area contributed by atoms with Crippen LogP contribution in [0.25, 0.3) is 11.0 Å². The maximum absolute atomic E-state index is 11.6. The zero-order valence-electron chi connectivity index (χ0n) is 10.5. The van der Waals surface area contributed by atoms with E-state index in [1.54, 1.807) is 0 Å². The Kier molecular flexibility index (Phi) is 3.40. The average molecular weight is 293 g/mol. The number of carbonyl (C=O) groups is 2. The number of fused-ring (bicyclic) bond motifs is 1. The summed E-state index contributed by atoms with van der Waals surface area (Å²) in [6.45, 7) is 0. The van der Waals surface area contributed by atoms with E-state index < -0.39 is 39.3 Å².